The van der Waals surface area contributed by atoms with Gasteiger partial charge in [-0.15, -0.1) is 0 Å². The number of rotatable bonds is 10. The number of halogens is 1. The van der Waals surface area contributed by atoms with Crippen molar-refractivity contribution in [1.29, 1.82) is 0 Å². The molecule has 0 spiro atoms. The van der Waals surface area contributed by atoms with Crippen LogP contribution in [0, 0.1) is 0 Å². The Morgan fingerprint density at radius 2 is 1.93 bits per heavy atom. The average molecular weight is 441 g/mol. The van der Waals surface area contributed by atoms with Gasteiger partial charge in [-0.3, -0.25) is 4.79 Å². The maximum absolute atomic E-state index is 12.2. The number of hydrogen-bond donors (Lipinski definition) is 2. The number of sulfonamides is 1. The topological polar surface area (TPSA) is 93.7 Å². The van der Waals surface area contributed by atoms with E-state index >= 15 is 0 Å². The minimum atomic E-state index is -3.72. The van der Waals surface area contributed by atoms with Gasteiger partial charge in [-0.25, -0.2) is 13.1 Å². The quantitative estimate of drug-likeness (QED) is 0.591. The Labute approximate surface area is 176 Å². The molecule has 7 nitrogen and oxygen atoms in total. The maximum atomic E-state index is 12.2. The minimum absolute atomic E-state index is 0.00169. The molecule has 0 radical (unpaired) electrons. The molecule has 2 N–H and O–H groups in total. The van der Waals surface area contributed by atoms with Crippen LogP contribution in [0.2, 0.25) is 5.02 Å². The van der Waals surface area contributed by atoms with Gasteiger partial charge in [-0.2, -0.15) is 0 Å². The summed E-state index contributed by atoms with van der Waals surface area (Å²) in [5, 5.41) is 3.17. The zero-order chi connectivity index (χ0) is 21.4. The second-order valence-corrected chi connectivity index (χ2v) is 8.44. The van der Waals surface area contributed by atoms with Gasteiger partial charge in [0.15, 0.2) is 11.5 Å². The highest BCUT2D eigenvalue weighted by Gasteiger charge is 2.16. The first kappa shape index (κ1) is 23.0. The minimum Gasteiger partial charge on any atom is -0.493 e. The van der Waals surface area contributed by atoms with Crippen LogP contribution in [0.15, 0.2) is 47.4 Å². The SMILES string of the molecule is CCOc1ccc(C(C)NC(=O)CCNS(=O)(=O)c2cccc(Cl)c2)cc1OC. The molecule has 1 unspecified atom stereocenters. The van der Waals surface area contributed by atoms with Gasteiger partial charge >= 0.3 is 0 Å². The monoisotopic (exact) mass is 440 g/mol. The highest BCUT2D eigenvalue weighted by molar-refractivity contribution is 7.89. The molecule has 158 valence electrons. The largest absolute Gasteiger partial charge is 0.493 e. The molecule has 0 saturated carbocycles. The number of hydrogen-bond acceptors (Lipinski definition) is 5. The van der Waals surface area contributed by atoms with Crippen LogP contribution in [0.25, 0.3) is 0 Å². The number of carbonyl (C=O) groups is 1. The maximum Gasteiger partial charge on any atom is 0.240 e. The summed E-state index contributed by atoms with van der Waals surface area (Å²) in [6, 6.07) is 11.1. The zero-order valence-corrected chi connectivity index (χ0v) is 18.1. The molecule has 29 heavy (non-hydrogen) atoms. The number of methoxy groups -OCH3 is 1. The normalized spacial score (nSPS) is 12.3. The Morgan fingerprint density at radius 1 is 1.17 bits per heavy atom. The fraction of sp³-hybridized carbons (Fsp3) is 0.350. The van der Waals surface area contributed by atoms with Crippen molar-refractivity contribution >= 4 is 27.5 Å². The third-order valence-electron chi connectivity index (χ3n) is 4.12. The number of benzene rings is 2. The Hall–Kier alpha value is -2.29. The fourth-order valence-electron chi connectivity index (χ4n) is 2.64. The average Bonchev–Trinajstić information content (AvgIpc) is 2.68. The van der Waals surface area contributed by atoms with Crippen molar-refractivity contribution in [3.8, 4) is 11.5 Å². The molecule has 0 saturated heterocycles. The van der Waals surface area contributed by atoms with E-state index in [1.807, 2.05) is 19.9 Å². The van der Waals surface area contributed by atoms with E-state index in [0.717, 1.165) is 5.56 Å². The van der Waals surface area contributed by atoms with Crippen LogP contribution in [0.1, 0.15) is 31.9 Å². The second kappa shape index (κ2) is 10.5. The van der Waals surface area contributed by atoms with E-state index in [0.29, 0.717) is 23.1 Å². The van der Waals surface area contributed by atoms with E-state index in [4.69, 9.17) is 21.1 Å². The Balaban J connectivity index is 1.90. The Kier molecular flexibility index (Phi) is 8.31. The smallest absolute Gasteiger partial charge is 0.240 e. The lowest BCUT2D eigenvalue weighted by atomic mass is 10.1. The van der Waals surface area contributed by atoms with E-state index < -0.39 is 10.0 Å². The molecule has 0 aliphatic carbocycles. The molecule has 0 fully saturated rings. The van der Waals surface area contributed by atoms with Crippen LogP contribution >= 0.6 is 11.6 Å². The number of amides is 1. The Morgan fingerprint density at radius 3 is 2.59 bits per heavy atom. The van der Waals surface area contributed by atoms with Crippen LogP contribution < -0.4 is 19.5 Å². The van der Waals surface area contributed by atoms with Crippen LogP contribution in [0.5, 0.6) is 11.5 Å². The van der Waals surface area contributed by atoms with E-state index in [1.54, 1.807) is 31.4 Å². The lowest BCUT2D eigenvalue weighted by Crippen LogP contribution is -2.32. The summed E-state index contributed by atoms with van der Waals surface area (Å²) in [6.07, 6.45) is -0.00169. The van der Waals surface area contributed by atoms with Crippen molar-refractivity contribution in [2.75, 3.05) is 20.3 Å². The predicted octanol–water partition coefficient (Wildman–Crippen LogP) is 3.29. The molecule has 1 amide bonds. The first-order chi connectivity index (χ1) is 13.8. The van der Waals surface area contributed by atoms with Crippen LogP contribution in [0.3, 0.4) is 0 Å². The molecular weight excluding hydrogens is 416 g/mol. The molecule has 0 bridgehead atoms. The molecule has 2 aromatic carbocycles. The highest BCUT2D eigenvalue weighted by atomic mass is 35.5. The van der Waals surface area contributed by atoms with Crippen LogP contribution in [0.4, 0.5) is 0 Å². The van der Waals surface area contributed by atoms with Gasteiger partial charge < -0.3 is 14.8 Å². The molecule has 1 atom stereocenters. The van der Waals surface area contributed by atoms with E-state index in [-0.39, 0.29) is 29.8 Å². The highest BCUT2D eigenvalue weighted by Crippen LogP contribution is 2.30. The van der Waals surface area contributed by atoms with Crippen molar-refractivity contribution in [2.45, 2.75) is 31.2 Å². The summed E-state index contributed by atoms with van der Waals surface area (Å²) >= 11 is 5.83. The number of nitrogens with one attached hydrogen (secondary N) is 2. The summed E-state index contributed by atoms with van der Waals surface area (Å²) in [4.78, 5) is 12.3. The molecule has 0 heterocycles. The van der Waals surface area contributed by atoms with Gasteiger partial charge in [0.05, 0.1) is 24.7 Å². The van der Waals surface area contributed by atoms with Crippen molar-refractivity contribution < 1.29 is 22.7 Å². The molecular formula is C20H25ClN2O5S. The second-order valence-electron chi connectivity index (χ2n) is 6.24. The summed E-state index contributed by atoms with van der Waals surface area (Å²) in [5.74, 6) is 0.937. The third kappa shape index (κ3) is 6.62. The molecule has 0 aliphatic rings. The third-order valence-corrected chi connectivity index (χ3v) is 5.81. The first-order valence-corrected chi connectivity index (χ1v) is 11.0. The van der Waals surface area contributed by atoms with Crippen molar-refractivity contribution in [3.05, 3.63) is 53.1 Å². The van der Waals surface area contributed by atoms with E-state index in [2.05, 4.69) is 10.0 Å². The van der Waals surface area contributed by atoms with Crippen molar-refractivity contribution in [1.82, 2.24) is 10.0 Å². The molecule has 2 rings (SSSR count). The summed E-state index contributed by atoms with van der Waals surface area (Å²) < 4.78 is 37.7. The molecule has 2 aromatic rings. The number of ether oxygens (including phenoxy) is 2. The summed E-state index contributed by atoms with van der Waals surface area (Å²) in [7, 11) is -2.17. The number of carbonyl (C=O) groups excluding carboxylic acids is 1. The van der Waals surface area contributed by atoms with Gasteiger partial charge in [0, 0.05) is 18.0 Å². The molecule has 0 aliphatic heterocycles. The lowest BCUT2D eigenvalue weighted by molar-refractivity contribution is -0.121. The molecule has 9 heteroatoms. The first-order valence-electron chi connectivity index (χ1n) is 9.12. The van der Waals surface area contributed by atoms with E-state index in [1.165, 1.54) is 12.1 Å². The molecule has 0 aromatic heterocycles. The lowest BCUT2D eigenvalue weighted by Gasteiger charge is -2.17. The van der Waals surface area contributed by atoms with Gasteiger partial charge in [-0.05, 0) is 49.7 Å². The van der Waals surface area contributed by atoms with Crippen LogP contribution in [-0.4, -0.2) is 34.6 Å². The zero-order valence-electron chi connectivity index (χ0n) is 16.6. The Bertz CT molecular complexity index is 950. The standard InChI is InChI=1S/C20H25ClN2O5S/c1-4-28-18-9-8-15(12-19(18)27-3)14(2)23-20(24)10-11-22-29(25,26)17-7-5-6-16(21)13-17/h5-9,12-14,22H,4,10-11H2,1-3H3,(H,23,24). The van der Waals surface area contributed by atoms with Crippen molar-refractivity contribution in [3.63, 3.8) is 0 Å². The van der Waals surface area contributed by atoms with Crippen LogP contribution in [-0.2, 0) is 14.8 Å². The van der Waals surface area contributed by atoms with Gasteiger partial charge in [0.25, 0.3) is 0 Å². The van der Waals surface area contributed by atoms with Gasteiger partial charge in [0.2, 0.25) is 15.9 Å². The van der Waals surface area contributed by atoms with Gasteiger partial charge in [0.1, 0.15) is 0 Å². The summed E-state index contributed by atoms with van der Waals surface area (Å²) in [5.41, 5.74) is 0.846. The van der Waals surface area contributed by atoms with Gasteiger partial charge in [-0.1, -0.05) is 23.7 Å². The predicted molar refractivity (Wildman–Crippen MR) is 112 cm³/mol. The van der Waals surface area contributed by atoms with E-state index in [9.17, 15) is 13.2 Å². The fourth-order valence-corrected chi connectivity index (χ4v) is 3.97. The summed E-state index contributed by atoms with van der Waals surface area (Å²) in [6.45, 7) is 4.22. The van der Waals surface area contributed by atoms with Crippen molar-refractivity contribution in [2.24, 2.45) is 0 Å².